The van der Waals surface area contributed by atoms with E-state index in [1.807, 2.05) is 13.0 Å². The Labute approximate surface area is 183 Å². The number of hydrogen-bond acceptors (Lipinski definition) is 4. The number of rotatable bonds is 7. The molecule has 8 heteroatoms. The summed E-state index contributed by atoms with van der Waals surface area (Å²) in [4.78, 5) is 27.0. The molecule has 0 aliphatic carbocycles. The van der Waals surface area contributed by atoms with Gasteiger partial charge >= 0.3 is 0 Å². The monoisotopic (exact) mass is 441 g/mol. The summed E-state index contributed by atoms with van der Waals surface area (Å²) in [5.74, 6) is -0.441. The van der Waals surface area contributed by atoms with Gasteiger partial charge in [-0.15, -0.1) is 6.58 Å². The first-order valence-corrected chi connectivity index (χ1v) is 11.6. The van der Waals surface area contributed by atoms with Gasteiger partial charge in [0, 0.05) is 24.3 Å². The molecule has 2 aromatic rings. The van der Waals surface area contributed by atoms with Gasteiger partial charge in [-0.3, -0.25) is 14.3 Å². The van der Waals surface area contributed by atoms with Gasteiger partial charge in [-0.25, -0.2) is 8.42 Å². The van der Waals surface area contributed by atoms with E-state index in [4.69, 9.17) is 0 Å². The lowest BCUT2D eigenvalue weighted by atomic mass is 10.1. The van der Waals surface area contributed by atoms with Crippen LogP contribution in [-0.4, -0.2) is 44.3 Å². The predicted molar refractivity (Wildman–Crippen MR) is 120 cm³/mol. The second-order valence-corrected chi connectivity index (χ2v) is 9.29. The molecule has 1 saturated heterocycles. The highest BCUT2D eigenvalue weighted by atomic mass is 32.2. The molecule has 1 aliphatic rings. The maximum atomic E-state index is 12.9. The van der Waals surface area contributed by atoms with Crippen molar-refractivity contribution in [3.63, 3.8) is 0 Å². The number of anilines is 1. The van der Waals surface area contributed by atoms with Crippen LogP contribution in [0.25, 0.3) is 0 Å². The van der Waals surface area contributed by atoms with Crippen LogP contribution < -0.4 is 10.0 Å². The van der Waals surface area contributed by atoms with Gasteiger partial charge in [0.2, 0.25) is 5.91 Å². The summed E-state index contributed by atoms with van der Waals surface area (Å²) in [5, 5.41) is 2.74. The van der Waals surface area contributed by atoms with Crippen LogP contribution in [-0.2, 0) is 14.8 Å². The van der Waals surface area contributed by atoms with Crippen molar-refractivity contribution in [3.8, 4) is 0 Å². The van der Waals surface area contributed by atoms with E-state index in [1.54, 1.807) is 54.3 Å². The number of nitrogens with zero attached hydrogens (tertiary/aromatic N) is 1. The normalized spacial score (nSPS) is 16.1. The summed E-state index contributed by atoms with van der Waals surface area (Å²) >= 11 is 0. The quantitative estimate of drug-likeness (QED) is 0.646. The predicted octanol–water partition coefficient (Wildman–Crippen LogP) is 3.01. The zero-order valence-electron chi connectivity index (χ0n) is 17.7. The van der Waals surface area contributed by atoms with Gasteiger partial charge in [-0.05, 0) is 62.6 Å². The van der Waals surface area contributed by atoms with Crippen LogP contribution in [0.15, 0.2) is 60.0 Å². The molecule has 7 nitrogen and oxygen atoms in total. The molecule has 1 unspecified atom stereocenters. The molecule has 0 bridgehead atoms. The van der Waals surface area contributed by atoms with Gasteiger partial charge in [0.15, 0.2) is 0 Å². The van der Waals surface area contributed by atoms with Crippen molar-refractivity contribution < 1.29 is 18.0 Å². The first-order chi connectivity index (χ1) is 14.7. The van der Waals surface area contributed by atoms with E-state index in [1.165, 1.54) is 0 Å². The van der Waals surface area contributed by atoms with E-state index in [9.17, 15) is 18.0 Å². The second-order valence-electron chi connectivity index (χ2n) is 7.64. The number of amides is 2. The number of hydrogen-bond donors (Lipinski definition) is 2. The minimum atomic E-state index is -3.74. The van der Waals surface area contributed by atoms with Crippen LogP contribution in [0.2, 0.25) is 0 Å². The van der Waals surface area contributed by atoms with Crippen LogP contribution in [0.4, 0.5) is 5.69 Å². The smallest absolute Gasteiger partial charge is 0.262 e. The minimum absolute atomic E-state index is 0.191. The molecular formula is C23H27N3O4S. The van der Waals surface area contributed by atoms with Crippen LogP contribution in [0, 0.1) is 13.8 Å². The Morgan fingerprint density at radius 3 is 2.52 bits per heavy atom. The maximum Gasteiger partial charge on any atom is 0.262 e. The third-order valence-corrected chi connectivity index (χ3v) is 6.78. The standard InChI is InChI=1S/C23H27N3O4S/c1-4-13-24-22(27)20-6-5-14-26(20)23(28)18-8-10-19(11-9-18)25-31(29,30)21-12-7-16(2)15-17(21)3/h4,7-12,15,20,25H,1,5-6,13-14H2,2-3H3,(H,24,27). The highest BCUT2D eigenvalue weighted by Gasteiger charge is 2.34. The Bertz CT molecular complexity index is 1090. The zero-order valence-corrected chi connectivity index (χ0v) is 18.5. The van der Waals surface area contributed by atoms with Crippen molar-refractivity contribution in [2.45, 2.75) is 37.6 Å². The molecule has 0 spiro atoms. The number of benzene rings is 2. The number of likely N-dealkylation sites (tertiary alicyclic amines) is 1. The highest BCUT2D eigenvalue weighted by Crippen LogP contribution is 2.23. The van der Waals surface area contributed by atoms with Gasteiger partial charge < -0.3 is 10.2 Å². The average molecular weight is 442 g/mol. The number of aryl methyl sites for hydroxylation is 2. The van der Waals surface area contributed by atoms with Gasteiger partial charge in [0.1, 0.15) is 6.04 Å². The number of nitrogens with one attached hydrogen (secondary N) is 2. The van der Waals surface area contributed by atoms with Crippen LogP contribution in [0.1, 0.15) is 34.3 Å². The molecule has 31 heavy (non-hydrogen) atoms. The van der Waals surface area contributed by atoms with Crippen molar-refractivity contribution in [1.82, 2.24) is 10.2 Å². The Balaban J connectivity index is 1.73. The van der Waals surface area contributed by atoms with Gasteiger partial charge in [0.25, 0.3) is 15.9 Å². The molecular weight excluding hydrogens is 414 g/mol. The van der Waals surface area contributed by atoms with E-state index >= 15 is 0 Å². The first kappa shape index (κ1) is 22.6. The third kappa shape index (κ3) is 5.14. The summed E-state index contributed by atoms with van der Waals surface area (Å²) in [7, 11) is -3.74. The lowest BCUT2D eigenvalue weighted by Crippen LogP contribution is -2.46. The fourth-order valence-corrected chi connectivity index (χ4v) is 5.02. The zero-order chi connectivity index (χ0) is 22.6. The highest BCUT2D eigenvalue weighted by molar-refractivity contribution is 7.92. The van der Waals surface area contributed by atoms with Crippen molar-refractivity contribution in [3.05, 3.63) is 71.8 Å². The molecule has 2 aromatic carbocycles. The van der Waals surface area contributed by atoms with E-state index < -0.39 is 16.1 Å². The largest absolute Gasteiger partial charge is 0.351 e. The van der Waals surface area contributed by atoms with Crippen molar-refractivity contribution in [1.29, 1.82) is 0 Å². The SMILES string of the molecule is C=CCNC(=O)C1CCCN1C(=O)c1ccc(NS(=O)(=O)c2ccc(C)cc2C)cc1. The van der Waals surface area contributed by atoms with Crippen molar-refractivity contribution in [2.24, 2.45) is 0 Å². The summed E-state index contributed by atoms with van der Waals surface area (Å²) in [5.41, 5.74) is 2.41. The molecule has 1 atom stereocenters. The summed E-state index contributed by atoms with van der Waals surface area (Å²) in [6.07, 6.45) is 2.96. The molecule has 1 aliphatic heterocycles. The van der Waals surface area contributed by atoms with Crippen LogP contribution in [0.5, 0.6) is 0 Å². The summed E-state index contributed by atoms with van der Waals surface area (Å²) in [6, 6.07) is 10.9. The Morgan fingerprint density at radius 2 is 1.87 bits per heavy atom. The maximum absolute atomic E-state index is 12.9. The van der Waals surface area contributed by atoms with Crippen LogP contribution in [0.3, 0.4) is 0 Å². The Morgan fingerprint density at radius 1 is 1.16 bits per heavy atom. The molecule has 1 heterocycles. The molecule has 0 aromatic heterocycles. The topological polar surface area (TPSA) is 95.6 Å². The molecule has 2 N–H and O–H groups in total. The third-order valence-electron chi connectivity index (χ3n) is 5.24. The van der Waals surface area contributed by atoms with Crippen molar-refractivity contribution in [2.75, 3.05) is 17.8 Å². The average Bonchev–Trinajstić information content (AvgIpc) is 3.21. The van der Waals surface area contributed by atoms with Crippen LogP contribution >= 0.6 is 0 Å². The number of carbonyl (C=O) groups is 2. The molecule has 3 rings (SSSR count). The fraction of sp³-hybridized carbons (Fsp3) is 0.304. The van der Waals surface area contributed by atoms with Gasteiger partial charge in [0.05, 0.1) is 4.90 Å². The molecule has 0 radical (unpaired) electrons. The number of sulfonamides is 1. The Hall–Kier alpha value is -3.13. The summed E-state index contributed by atoms with van der Waals surface area (Å²) < 4.78 is 28.0. The first-order valence-electron chi connectivity index (χ1n) is 10.1. The lowest BCUT2D eigenvalue weighted by Gasteiger charge is -2.24. The van der Waals surface area contributed by atoms with Gasteiger partial charge in [-0.1, -0.05) is 23.8 Å². The fourth-order valence-electron chi connectivity index (χ4n) is 3.73. The van der Waals surface area contributed by atoms with E-state index in [-0.39, 0.29) is 16.7 Å². The molecule has 2 amide bonds. The number of carbonyl (C=O) groups excluding carboxylic acids is 2. The second kappa shape index (κ2) is 9.34. The van der Waals surface area contributed by atoms with Gasteiger partial charge in [-0.2, -0.15) is 0 Å². The van der Waals surface area contributed by atoms with E-state index in [2.05, 4.69) is 16.6 Å². The molecule has 164 valence electrons. The molecule has 0 saturated carbocycles. The molecule has 1 fully saturated rings. The van der Waals surface area contributed by atoms with E-state index in [0.717, 1.165) is 12.0 Å². The lowest BCUT2D eigenvalue weighted by molar-refractivity contribution is -0.124. The van der Waals surface area contributed by atoms with E-state index in [0.29, 0.717) is 36.3 Å². The Kier molecular flexibility index (Phi) is 6.80. The van der Waals surface area contributed by atoms with Crippen molar-refractivity contribution >= 4 is 27.5 Å². The summed E-state index contributed by atoms with van der Waals surface area (Å²) in [6.45, 7) is 8.09. The minimum Gasteiger partial charge on any atom is -0.351 e.